The van der Waals surface area contributed by atoms with Crippen molar-refractivity contribution in [3.8, 4) is 0 Å². The first-order chi connectivity index (χ1) is 19.2. The summed E-state index contributed by atoms with van der Waals surface area (Å²) in [6, 6.07) is 4.36. The van der Waals surface area contributed by atoms with E-state index in [1.165, 1.54) is 0 Å². The zero-order chi connectivity index (χ0) is 31.0. The van der Waals surface area contributed by atoms with Crippen LogP contribution in [0.4, 0.5) is 10.5 Å². The van der Waals surface area contributed by atoms with Gasteiger partial charge in [-0.2, -0.15) is 0 Å². The molecule has 0 fully saturated rings. The first-order valence-corrected chi connectivity index (χ1v) is 14.1. The highest BCUT2D eigenvalue weighted by molar-refractivity contribution is 5.98. The third-order valence-electron chi connectivity index (χ3n) is 6.18. The Kier molecular flexibility index (Phi) is 15.4. The molecule has 5 amide bonds. The SMILES string of the molecule is CC(C)C(NC(=O)CCCCCN)C(=O)N[C@@H](CCCNC(N)=O)C(=O)Nc1ccc(COC(=O)C(C)(C)C)cc1. The van der Waals surface area contributed by atoms with Crippen LogP contribution in [0.2, 0.25) is 0 Å². The Hall–Kier alpha value is -3.67. The molecule has 1 aromatic carbocycles. The highest BCUT2D eigenvalue weighted by atomic mass is 16.5. The van der Waals surface area contributed by atoms with E-state index in [4.69, 9.17) is 16.2 Å². The zero-order valence-electron chi connectivity index (χ0n) is 25.0. The topological polar surface area (TPSA) is 195 Å². The predicted octanol–water partition coefficient (Wildman–Crippen LogP) is 2.31. The molecule has 0 radical (unpaired) electrons. The number of carbonyl (C=O) groups excluding carboxylic acids is 5. The lowest BCUT2D eigenvalue weighted by Gasteiger charge is -2.25. The second-order valence-corrected chi connectivity index (χ2v) is 11.4. The molecule has 0 spiro atoms. The van der Waals surface area contributed by atoms with Crippen LogP contribution in [0.25, 0.3) is 0 Å². The highest BCUT2D eigenvalue weighted by Crippen LogP contribution is 2.18. The maximum atomic E-state index is 13.2. The van der Waals surface area contributed by atoms with Crippen LogP contribution in [-0.2, 0) is 30.5 Å². The number of anilines is 1. The number of benzene rings is 1. The van der Waals surface area contributed by atoms with E-state index in [9.17, 15) is 24.0 Å². The van der Waals surface area contributed by atoms with Gasteiger partial charge in [-0.1, -0.05) is 32.4 Å². The molecule has 0 heterocycles. The van der Waals surface area contributed by atoms with Gasteiger partial charge in [-0.3, -0.25) is 19.2 Å². The predicted molar refractivity (Wildman–Crippen MR) is 157 cm³/mol. The zero-order valence-corrected chi connectivity index (χ0v) is 25.0. The molecule has 1 aromatic rings. The third kappa shape index (κ3) is 14.5. The van der Waals surface area contributed by atoms with Crippen molar-refractivity contribution in [2.75, 3.05) is 18.4 Å². The number of hydrogen-bond donors (Lipinski definition) is 6. The number of unbranched alkanes of at least 4 members (excludes halogenated alkanes) is 2. The normalized spacial score (nSPS) is 12.7. The first kappa shape index (κ1) is 35.4. The quantitative estimate of drug-likeness (QED) is 0.121. The van der Waals surface area contributed by atoms with Crippen molar-refractivity contribution in [1.29, 1.82) is 0 Å². The number of urea groups is 1. The van der Waals surface area contributed by atoms with Crippen molar-refractivity contribution in [3.63, 3.8) is 0 Å². The third-order valence-corrected chi connectivity index (χ3v) is 6.18. The average molecular weight is 577 g/mol. The number of amides is 5. The van der Waals surface area contributed by atoms with E-state index in [-0.39, 0.29) is 43.8 Å². The minimum Gasteiger partial charge on any atom is -0.460 e. The fourth-order valence-corrected chi connectivity index (χ4v) is 3.71. The van der Waals surface area contributed by atoms with E-state index in [0.29, 0.717) is 25.1 Å². The molecule has 12 nitrogen and oxygen atoms in total. The van der Waals surface area contributed by atoms with Crippen molar-refractivity contribution < 1.29 is 28.7 Å². The number of rotatable bonds is 17. The van der Waals surface area contributed by atoms with Crippen molar-refractivity contribution in [1.82, 2.24) is 16.0 Å². The minimum atomic E-state index is -0.938. The summed E-state index contributed by atoms with van der Waals surface area (Å²) in [5.41, 5.74) is 11.2. The largest absolute Gasteiger partial charge is 0.460 e. The molecule has 0 aromatic heterocycles. The summed E-state index contributed by atoms with van der Waals surface area (Å²) in [6.07, 6.45) is 3.20. The van der Waals surface area contributed by atoms with Crippen molar-refractivity contribution in [3.05, 3.63) is 29.8 Å². The van der Waals surface area contributed by atoms with E-state index in [2.05, 4.69) is 21.3 Å². The Morgan fingerprint density at radius 2 is 1.56 bits per heavy atom. The molecule has 2 atom stereocenters. The van der Waals surface area contributed by atoms with Gasteiger partial charge in [0.05, 0.1) is 5.41 Å². The lowest BCUT2D eigenvalue weighted by Crippen LogP contribution is -2.54. The van der Waals surface area contributed by atoms with E-state index in [1.807, 2.05) is 13.8 Å². The van der Waals surface area contributed by atoms with Gasteiger partial charge >= 0.3 is 12.0 Å². The van der Waals surface area contributed by atoms with Gasteiger partial charge in [0.25, 0.3) is 0 Å². The second kappa shape index (κ2) is 17.9. The Morgan fingerprint density at radius 1 is 0.902 bits per heavy atom. The Bertz CT molecular complexity index is 1010. The molecule has 12 heteroatoms. The summed E-state index contributed by atoms with van der Waals surface area (Å²) in [4.78, 5) is 61.9. The first-order valence-electron chi connectivity index (χ1n) is 14.1. The summed E-state index contributed by atoms with van der Waals surface area (Å²) in [5.74, 6) is -1.71. The molecule has 0 saturated carbocycles. The van der Waals surface area contributed by atoms with Crippen molar-refractivity contribution in [2.45, 2.75) is 91.8 Å². The van der Waals surface area contributed by atoms with Crippen LogP contribution in [0.3, 0.4) is 0 Å². The molecular formula is C29H48N6O6. The summed E-state index contributed by atoms with van der Waals surface area (Å²) in [7, 11) is 0. The minimum absolute atomic E-state index is 0.102. The van der Waals surface area contributed by atoms with Crippen LogP contribution in [0.1, 0.15) is 78.7 Å². The molecule has 0 aliphatic heterocycles. The van der Waals surface area contributed by atoms with Crippen LogP contribution in [0.5, 0.6) is 0 Å². The van der Waals surface area contributed by atoms with Gasteiger partial charge in [-0.15, -0.1) is 0 Å². The van der Waals surface area contributed by atoms with Crippen molar-refractivity contribution >= 4 is 35.4 Å². The molecule has 1 rings (SSSR count). The summed E-state index contributed by atoms with van der Waals surface area (Å²) >= 11 is 0. The van der Waals surface area contributed by atoms with Gasteiger partial charge in [0.2, 0.25) is 17.7 Å². The number of primary amides is 1. The number of hydrogen-bond acceptors (Lipinski definition) is 7. The fourth-order valence-electron chi connectivity index (χ4n) is 3.71. The molecule has 230 valence electrons. The van der Waals surface area contributed by atoms with Crippen LogP contribution >= 0.6 is 0 Å². The molecule has 1 unspecified atom stereocenters. The van der Waals surface area contributed by atoms with Gasteiger partial charge < -0.3 is 37.5 Å². The summed E-state index contributed by atoms with van der Waals surface area (Å²) < 4.78 is 5.32. The molecule has 0 aliphatic rings. The smallest absolute Gasteiger partial charge is 0.312 e. The number of ether oxygens (including phenoxy) is 1. The van der Waals surface area contributed by atoms with Crippen LogP contribution in [0.15, 0.2) is 24.3 Å². The second-order valence-electron chi connectivity index (χ2n) is 11.4. The Balaban J connectivity index is 2.88. The fraction of sp³-hybridized carbons (Fsp3) is 0.621. The standard InChI is InChI=1S/C29H48N6O6/c1-19(2)24(35-23(36)11-7-6-8-16-30)26(38)34-22(10-9-17-32-28(31)40)25(37)33-21-14-12-20(13-15-21)18-41-27(39)29(3,4)5/h12-15,19,22,24H,6-11,16-18,30H2,1-5H3,(H,33,37)(H,34,38)(H,35,36)(H3,31,32,40)/t22-,24?/m0/s1. The molecule has 0 aliphatic carbocycles. The summed E-state index contributed by atoms with van der Waals surface area (Å²) in [6.45, 7) is 9.83. The number of esters is 1. The van der Waals surface area contributed by atoms with Gasteiger partial charge in [0, 0.05) is 18.7 Å². The lowest BCUT2D eigenvalue weighted by atomic mass is 9.97. The van der Waals surface area contributed by atoms with Crippen molar-refractivity contribution in [2.24, 2.45) is 22.8 Å². The molecule has 0 saturated heterocycles. The number of nitrogens with two attached hydrogens (primary N) is 2. The highest BCUT2D eigenvalue weighted by Gasteiger charge is 2.29. The number of nitrogens with one attached hydrogen (secondary N) is 4. The molecule has 41 heavy (non-hydrogen) atoms. The molecular weight excluding hydrogens is 528 g/mol. The lowest BCUT2D eigenvalue weighted by molar-refractivity contribution is -0.154. The average Bonchev–Trinajstić information content (AvgIpc) is 2.89. The van der Waals surface area contributed by atoms with E-state index in [1.54, 1.807) is 45.0 Å². The van der Waals surface area contributed by atoms with Gasteiger partial charge in [-0.25, -0.2) is 4.79 Å². The van der Waals surface area contributed by atoms with Gasteiger partial charge in [0.1, 0.15) is 18.7 Å². The van der Waals surface area contributed by atoms with E-state index >= 15 is 0 Å². The van der Waals surface area contributed by atoms with E-state index < -0.39 is 35.3 Å². The van der Waals surface area contributed by atoms with Crippen LogP contribution in [0, 0.1) is 11.3 Å². The van der Waals surface area contributed by atoms with Crippen LogP contribution < -0.4 is 32.7 Å². The van der Waals surface area contributed by atoms with E-state index in [0.717, 1.165) is 18.4 Å². The number of carbonyl (C=O) groups is 5. The Labute approximate surface area is 243 Å². The summed E-state index contributed by atoms with van der Waals surface area (Å²) in [5, 5.41) is 10.8. The van der Waals surface area contributed by atoms with Gasteiger partial charge in [-0.05, 0) is 76.6 Å². The maximum absolute atomic E-state index is 13.2. The van der Waals surface area contributed by atoms with Crippen LogP contribution in [-0.4, -0.2) is 54.9 Å². The Morgan fingerprint density at radius 3 is 2.12 bits per heavy atom. The van der Waals surface area contributed by atoms with Gasteiger partial charge in [0.15, 0.2) is 0 Å². The maximum Gasteiger partial charge on any atom is 0.312 e. The monoisotopic (exact) mass is 576 g/mol. The molecule has 0 bridgehead atoms. The molecule has 8 N–H and O–H groups in total.